The van der Waals surface area contributed by atoms with Gasteiger partial charge in [-0.1, -0.05) is 13.8 Å². The number of H-pyrrole nitrogens is 1. The van der Waals surface area contributed by atoms with Crippen molar-refractivity contribution in [3.05, 3.63) is 6.20 Å². The van der Waals surface area contributed by atoms with Crippen molar-refractivity contribution in [2.45, 2.75) is 33.1 Å². The molecule has 0 aliphatic heterocycles. The van der Waals surface area contributed by atoms with Gasteiger partial charge in [-0.15, -0.1) is 0 Å². The van der Waals surface area contributed by atoms with Gasteiger partial charge in [0, 0.05) is 19.7 Å². The number of nitrogens with one attached hydrogen (secondary N) is 3. The molecule has 2 aromatic heterocycles. The van der Waals surface area contributed by atoms with Crippen molar-refractivity contribution in [2.75, 3.05) is 30.3 Å². The first-order valence-electron chi connectivity index (χ1n) is 7.54. The molecule has 0 spiro atoms. The summed E-state index contributed by atoms with van der Waals surface area (Å²) in [6.07, 6.45) is 4.73. The molecule has 4 N–H and O–H groups in total. The maximum atomic E-state index is 9.02. The average molecular weight is 292 g/mol. The fraction of sp³-hybridized carbons (Fsp3) is 0.643. The summed E-state index contributed by atoms with van der Waals surface area (Å²) < 4.78 is 0. The van der Waals surface area contributed by atoms with Crippen molar-refractivity contribution < 1.29 is 5.11 Å². The monoisotopic (exact) mass is 292 g/mol. The highest BCUT2D eigenvalue weighted by Crippen LogP contribution is 2.20. The number of nitrogens with zero attached hydrogens (tertiary/aromatic N) is 3. The second-order valence-corrected chi connectivity index (χ2v) is 5.31. The lowest BCUT2D eigenvalue weighted by molar-refractivity contribution is 0.229. The molecule has 2 rings (SSSR count). The Labute approximate surface area is 124 Å². The van der Waals surface area contributed by atoms with Crippen molar-refractivity contribution in [1.29, 1.82) is 0 Å². The number of aromatic amines is 1. The average Bonchev–Trinajstić information content (AvgIpc) is 2.97. The van der Waals surface area contributed by atoms with E-state index in [9.17, 15) is 0 Å². The second kappa shape index (κ2) is 7.78. The van der Waals surface area contributed by atoms with Crippen LogP contribution in [0.25, 0.3) is 11.0 Å². The van der Waals surface area contributed by atoms with Crippen LogP contribution in [-0.4, -0.2) is 45.0 Å². The zero-order valence-electron chi connectivity index (χ0n) is 12.7. The molecular formula is C14H24N6O. The quantitative estimate of drug-likeness (QED) is 0.528. The summed E-state index contributed by atoms with van der Waals surface area (Å²) in [7, 11) is 0. The molecule has 0 radical (unpaired) electrons. The molecule has 7 nitrogen and oxygen atoms in total. The fourth-order valence-electron chi connectivity index (χ4n) is 2.03. The van der Waals surface area contributed by atoms with E-state index in [2.05, 4.69) is 37.7 Å². The van der Waals surface area contributed by atoms with Gasteiger partial charge in [-0.3, -0.25) is 5.10 Å². The standard InChI is InChI=1S/C14H24N6O/c1-3-6-16-14-18-12(11-8-17-20-13(11)19-14)15-7-4-5-10(2)9-21/h8,10,21H,3-7,9H2,1-2H3,(H3,15,16,17,18,19,20). The Balaban J connectivity index is 2.01. The summed E-state index contributed by atoms with van der Waals surface area (Å²) in [6.45, 7) is 6.04. The first kappa shape index (κ1) is 15.5. The van der Waals surface area contributed by atoms with Gasteiger partial charge < -0.3 is 15.7 Å². The molecular weight excluding hydrogens is 268 g/mol. The van der Waals surface area contributed by atoms with E-state index in [1.165, 1.54) is 0 Å². The topological polar surface area (TPSA) is 98.8 Å². The first-order valence-corrected chi connectivity index (χ1v) is 7.54. The third kappa shape index (κ3) is 4.29. The van der Waals surface area contributed by atoms with Crippen LogP contribution in [0.5, 0.6) is 0 Å². The van der Waals surface area contributed by atoms with Crippen molar-refractivity contribution in [3.63, 3.8) is 0 Å². The van der Waals surface area contributed by atoms with Crippen molar-refractivity contribution in [2.24, 2.45) is 5.92 Å². The normalized spacial score (nSPS) is 12.5. The summed E-state index contributed by atoms with van der Waals surface area (Å²) in [6, 6.07) is 0. The molecule has 1 atom stereocenters. The third-order valence-electron chi connectivity index (χ3n) is 3.32. The summed E-state index contributed by atoms with van der Waals surface area (Å²) in [5.41, 5.74) is 0.731. The number of aliphatic hydroxyl groups is 1. The van der Waals surface area contributed by atoms with Gasteiger partial charge in [-0.2, -0.15) is 15.1 Å². The van der Waals surface area contributed by atoms with Crippen LogP contribution in [0, 0.1) is 5.92 Å². The van der Waals surface area contributed by atoms with Gasteiger partial charge in [0.05, 0.1) is 11.6 Å². The van der Waals surface area contributed by atoms with Crippen LogP contribution in [0.1, 0.15) is 33.1 Å². The van der Waals surface area contributed by atoms with E-state index in [1.807, 2.05) is 6.92 Å². The van der Waals surface area contributed by atoms with Crippen LogP contribution in [0.15, 0.2) is 6.20 Å². The Hall–Kier alpha value is -1.89. The van der Waals surface area contributed by atoms with E-state index in [0.717, 1.165) is 49.2 Å². The molecule has 0 saturated heterocycles. The van der Waals surface area contributed by atoms with E-state index in [1.54, 1.807) is 6.20 Å². The van der Waals surface area contributed by atoms with Gasteiger partial charge in [-0.05, 0) is 25.2 Å². The van der Waals surface area contributed by atoms with Gasteiger partial charge in [-0.25, -0.2) is 0 Å². The minimum atomic E-state index is 0.241. The maximum Gasteiger partial charge on any atom is 0.226 e. The molecule has 0 amide bonds. The predicted molar refractivity (Wildman–Crippen MR) is 84.4 cm³/mol. The lowest BCUT2D eigenvalue weighted by Crippen LogP contribution is -2.10. The van der Waals surface area contributed by atoms with Gasteiger partial charge in [0.1, 0.15) is 5.82 Å². The number of aliphatic hydroxyl groups excluding tert-OH is 1. The smallest absolute Gasteiger partial charge is 0.226 e. The molecule has 0 bridgehead atoms. The van der Waals surface area contributed by atoms with Crippen molar-refractivity contribution >= 4 is 22.8 Å². The molecule has 7 heteroatoms. The number of anilines is 2. The fourth-order valence-corrected chi connectivity index (χ4v) is 2.03. The molecule has 2 aromatic rings. The van der Waals surface area contributed by atoms with Gasteiger partial charge in [0.25, 0.3) is 0 Å². The van der Waals surface area contributed by atoms with E-state index < -0.39 is 0 Å². The van der Waals surface area contributed by atoms with Crippen LogP contribution < -0.4 is 10.6 Å². The third-order valence-corrected chi connectivity index (χ3v) is 3.32. The molecule has 0 aliphatic rings. The largest absolute Gasteiger partial charge is 0.396 e. The van der Waals surface area contributed by atoms with Crippen LogP contribution >= 0.6 is 0 Å². The molecule has 2 heterocycles. The number of rotatable bonds is 9. The Morgan fingerprint density at radius 2 is 2.14 bits per heavy atom. The number of hydrogen-bond acceptors (Lipinski definition) is 6. The van der Waals surface area contributed by atoms with Crippen LogP contribution in [0.3, 0.4) is 0 Å². The summed E-state index contributed by atoms with van der Waals surface area (Å²) >= 11 is 0. The van der Waals surface area contributed by atoms with Gasteiger partial charge in [0.2, 0.25) is 5.95 Å². The molecule has 0 saturated carbocycles. The molecule has 0 fully saturated rings. The summed E-state index contributed by atoms with van der Waals surface area (Å²) in [5.74, 6) is 1.75. The molecule has 116 valence electrons. The lowest BCUT2D eigenvalue weighted by Gasteiger charge is -2.10. The van der Waals surface area contributed by atoms with Crippen molar-refractivity contribution in [3.8, 4) is 0 Å². The Kier molecular flexibility index (Phi) is 5.74. The number of fused-ring (bicyclic) bond motifs is 1. The highest BCUT2D eigenvalue weighted by Gasteiger charge is 2.09. The zero-order valence-corrected chi connectivity index (χ0v) is 12.7. The van der Waals surface area contributed by atoms with Crippen molar-refractivity contribution in [1.82, 2.24) is 20.2 Å². The van der Waals surface area contributed by atoms with E-state index in [-0.39, 0.29) is 6.61 Å². The lowest BCUT2D eigenvalue weighted by atomic mass is 10.1. The van der Waals surface area contributed by atoms with Crippen LogP contribution in [0.4, 0.5) is 11.8 Å². The highest BCUT2D eigenvalue weighted by molar-refractivity contribution is 5.86. The maximum absolute atomic E-state index is 9.02. The number of aromatic nitrogens is 4. The van der Waals surface area contributed by atoms with E-state index in [4.69, 9.17) is 5.11 Å². The van der Waals surface area contributed by atoms with E-state index >= 15 is 0 Å². The summed E-state index contributed by atoms with van der Waals surface area (Å²) in [5, 5.41) is 23.4. The van der Waals surface area contributed by atoms with Gasteiger partial charge in [0.15, 0.2) is 5.65 Å². The Bertz CT molecular complexity index is 555. The highest BCUT2D eigenvalue weighted by atomic mass is 16.3. The Morgan fingerprint density at radius 1 is 1.29 bits per heavy atom. The van der Waals surface area contributed by atoms with Crippen LogP contribution in [-0.2, 0) is 0 Å². The summed E-state index contributed by atoms with van der Waals surface area (Å²) in [4.78, 5) is 8.89. The SMILES string of the molecule is CCCNc1nc(NCCCC(C)CO)c2cn[nH]c2n1. The minimum absolute atomic E-state index is 0.241. The molecule has 21 heavy (non-hydrogen) atoms. The van der Waals surface area contributed by atoms with Crippen LogP contribution in [0.2, 0.25) is 0 Å². The minimum Gasteiger partial charge on any atom is -0.396 e. The molecule has 0 aliphatic carbocycles. The first-order chi connectivity index (χ1) is 10.2. The zero-order chi connectivity index (χ0) is 15.1. The Morgan fingerprint density at radius 3 is 2.90 bits per heavy atom. The molecule has 0 aromatic carbocycles. The number of hydrogen-bond donors (Lipinski definition) is 4. The van der Waals surface area contributed by atoms with E-state index in [0.29, 0.717) is 11.9 Å². The predicted octanol–water partition coefficient (Wildman–Crippen LogP) is 2.00. The van der Waals surface area contributed by atoms with Gasteiger partial charge >= 0.3 is 0 Å². The molecule has 1 unspecified atom stereocenters. The second-order valence-electron chi connectivity index (χ2n) is 5.31.